The van der Waals surface area contributed by atoms with Crippen LogP contribution in [0.5, 0.6) is 0 Å². The highest BCUT2D eigenvalue weighted by Crippen LogP contribution is 2.18. The number of nitrogens with one attached hydrogen (secondary N) is 1. The van der Waals surface area contributed by atoms with Crippen molar-refractivity contribution in [3.8, 4) is 0 Å². The summed E-state index contributed by atoms with van der Waals surface area (Å²) >= 11 is 0. The van der Waals surface area contributed by atoms with Gasteiger partial charge in [-0.05, 0) is 33.1 Å². The van der Waals surface area contributed by atoms with Gasteiger partial charge in [-0.3, -0.25) is 4.79 Å². The average molecular weight is 214 g/mol. The first kappa shape index (κ1) is 12.5. The van der Waals surface area contributed by atoms with Crippen LogP contribution in [0.3, 0.4) is 0 Å². The highest BCUT2D eigenvalue weighted by atomic mass is 16.5. The van der Waals surface area contributed by atoms with Crippen LogP contribution in [-0.4, -0.2) is 30.7 Å². The average Bonchev–Trinajstić information content (AvgIpc) is 2.51. The number of methoxy groups -OCH3 is 1. The first-order valence-corrected chi connectivity index (χ1v) is 5.55. The van der Waals surface area contributed by atoms with Crippen molar-refractivity contribution in [2.75, 3.05) is 7.11 Å². The van der Waals surface area contributed by atoms with Crippen molar-refractivity contribution in [2.24, 2.45) is 5.73 Å². The molecule has 1 saturated carbocycles. The fourth-order valence-corrected chi connectivity index (χ4v) is 1.88. The topological polar surface area (TPSA) is 64.3 Å². The van der Waals surface area contributed by atoms with Crippen molar-refractivity contribution in [3.05, 3.63) is 0 Å². The van der Waals surface area contributed by atoms with Gasteiger partial charge in [0.2, 0.25) is 5.91 Å². The summed E-state index contributed by atoms with van der Waals surface area (Å²) < 4.78 is 5.21. The third-order valence-electron chi connectivity index (χ3n) is 3.05. The molecule has 2 unspecified atom stereocenters. The number of hydrogen-bond donors (Lipinski definition) is 2. The lowest BCUT2D eigenvalue weighted by Gasteiger charge is -2.24. The maximum Gasteiger partial charge on any atom is 0.223 e. The summed E-state index contributed by atoms with van der Waals surface area (Å²) in [6, 6.07) is 0.282. The molecule has 1 aliphatic carbocycles. The van der Waals surface area contributed by atoms with Gasteiger partial charge in [0.1, 0.15) is 0 Å². The van der Waals surface area contributed by atoms with E-state index < -0.39 is 5.60 Å². The Labute approximate surface area is 91.5 Å². The molecule has 88 valence electrons. The third kappa shape index (κ3) is 3.80. The summed E-state index contributed by atoms with van der Waals surface area (Å²) in [6.07, 6.45) is 3.51. The molecular weight excluding hydrogens is 192 g/mol. The highest BCUT2D eigenvalue weighted by Gasteiger charge is 2.27. The van der Waals surface area contributed by atoms with E-state index >= 15 is 0 Å². The van der Waals surface area contributed by atoms with E-state index in [4.69, 9.17) is 10.5 Å². The second kappa shape index (κ2) is 4.94. The summed E-state index contributed by atoms with van der Waals surface area (Å²) in [4.78, 5) is 11.7. The SMILES string of the molecule is COC(C)(C)CC(=O)NC1CCCC1N. The minimum Gasteiger partial charge on any atom is -0.378 e. The number of carbonyl (C=O) groups is 1. The molecule has 0 aliphatic heterocycles. The standard InChI is InChI=1S/C11H22N2O2/c1-11(2,15-3)7-10(14)13-9-6-4-5-8(9)12/h8-9H,4-7,12H2,1-3H3,(H,13,14). The lowest BCUT2D eigenvalue weighted by Crippen LogP contribution is -2.45. The Hall–Kier alpha value is -0.610. The van der Waals surface area contributed by atoms with E-state index in [-0.39, 0.29) is 18.0 Å². The largest absolute Gasteiger partial charge is 0.378 e. The molecule has 0 heterocycles. The maximum atomic E-state index is 11.7. The minimum absolute atomic E-state index is 0.0317. The Morgan fingerprint density at radius 2 is 2.20 bits per heavy atom. The summed E-state index contributed by atoms with van der Waals surface area (Å²) in [5.74, 6) is 0.0317. The normalized spacial score (nSPS) is 26.7. The number of carbonyl (C=O) groups excluding carboxylic acids is 1. The quantitative estimate of drug-likeness (QED) is 0.727. The van der Waals surface area contributed by atoms with Crippen LogP contribution < -0.4 is 11.1 Å². The fourth-order valence-electron chi connectivity index (χ4n) is 1.88. The van der Waals surface area contributed by atoms with Crippen molar-refractivity contribution in [2.45, 2.75) is 57.2 Å². The smallest absolute Gasteiger partial charge is 0.223 e. The maximum absolute atomic E-state index is 11.7. The molecule has 4 heteroatoms. The molecule has 15 heavy (non-hydrogen) atoms. The second-order valence-corrected chi connectivity index (χ2v) is 4.91. The molecule has 1 amide bonds. The Morgan fingerprint density at radius 1 is 1.53 bits per heavy atom. The van der Waals surface area contributed by atoms with Gasteiger partial charge in [0.05, 0.1) is 12.0 Å². The van der Waals surface area contributed by atoms with E-state index in [2.05, 4.69) is 5.32 Å². The molecule has 4 nitrogen and oxygen atoms in total. The second-order valence-electron chi connectivity index (χ2n) is 4.91. The number of hydrogen-bond acceptors (Lipinski definition) is 3. The van der Waals surface area contributed by atoms with Crippen molar-refractivity contribution in [1.82, 2.24) is 5.32 Å². The van der Waals surface area contributed by atoms with Gasteiger partial charge in [-0.2, -0.15) is 0 Å². The molecule has 1 rings (SSSR count). The molecule has 2 atom stereocenters. The molecule has 0 aromatic carbocycles. The van der Waals surface area contributed by atoms with Gasteiger partial charge in [0.15, 0.2) is 0 Å². The van der Waals surface area contributed by atoms with Crippen LogP contribution in [0.1, 0.15) is 39.5 Å². The lowest BCUT2D eigenvalue weighted by molar-refractivity contribution is -0.126. The molecular formula is C11H22N2O2. The predicted molar refractivity (Wildman–Crippen MR) is 59.5 cm³/mol. The van der Waals surface area contributed by atoms with Gasteiger partial charge >= 0.3 is 0 Å². The van der Waals surface area contributed by atoms with Crippen LogP contribution >= 0.6 is 0 Å². The van der Waals surface area contributed by atoms with Crippen LogP contribution in [-0.2, 0) is 9.53 Å². The van der Waals surface area contributed by atoms with Crippen LogP contribution in [0.15, 0.2) is 0 Å². The summed E-state index contributed by atoms with van der Waals surface area (Å²) in [6.45, 7) is 3.81. The molecule has 0 aromatic rings. The minimum atomic E-state index is -0.396. The Bertz CT molecular complexity index is 229. The molecule has 0 spiro atoms. The molecule has 0 saturated heterocycles. The van der Waals surface area contributed by atoms with Crippen LogP contribution in [0.2, 0.25) is 0 Å². The zero-order valence-electron chi connectivity index (χ0n) is 9.88. The predicted octanol–water partition coefficient (Wildman–Crippen LogP) is 0.797. The molecule has 3 N–H and O–H groups in total. The molecule has 0 aromatic heterocycles. The third-order valence-corrected chi connectivity index (χ3v) is 3.05. The first-order chi connectivity index (χ1) is 6.94. The summed E-state index contributed by atoms with van der Waals surface area (Å²) in [5.41, 5.74) is 5.48. The Morgan fingerprint density at radius 3 is 2.67 bits per heavy atom. The van der Waals surface area contributed by atoms with E-state index in [0.717, 1.165) is 19.3 Å². The molecule has 0 radical (unpaired) electrons. The lowest BCUT2D eigenvalue weighted by atomic mass is 10.0. The Kier molecular flexibility index (Phi) is 4.11. The van der Waals surface area contributed by atoms with E-state index in [1.165, 1.54) is 0 Å². The molecule has 0 bridgehead atoms. The Balaban J connectivity index is 2.36. The van der Waals surface area contributed by atoms with Gasteiger partial charge in [0.25, 0.3) is 0 Å². The van der Waals surface area contributed by atoms with Crippen molar-refractivity contribution < 1.29 is 9.53 Å². The number of nitrogens with two attached hydrogens (primary N) is 1. The number of ether oxygens (including phenoxy) is 1. The zero-order valence-corrected chi connectivity index (χ0v) is 9.88. The first-order valence-electron chi connectivity index (χ1n) is 5.55. The number of rotatable bonds is 4. The van der Waals surface area contributed by atoms with Crippen LogP contribution in [0.4, 0.5) is 0 Å². The van der Waals surface area contributed by atoms with Gasteiger partial charge in [-0.15, -0.1) is 0 Å². The number of amides is 1. The summed E-state index contributed by atoms with van der Waals surface area (Å²) in [5, 5.41) is 2.98. The zero-order chi connectivity index (χ0) is 11.5. The highest BCUT2D eigenvalue weighted by molar-refractivity contribution is 5.77. The van der Waals surface area contributed by atoms with Gasteiger partial charge < -0.3 is 15.8 Å². The van der Waals surface area contributed by atoms with E-state index in [1.807, 2.05) is 13.8 Å². The fraction of sp³-hybridized carbons (Fsp3) is 0.909. The molecule has 1 aliphatic rings. The van der Waals surface area contributed by atoms with Crippen LogP contribution in [0.25, 0.3) is 0 Å². The summed E-state index contributed by atoms with van der Waals surface area (Å²) in [7, 11) is 1.62. The van der Waals surface area contributed by atoms with E-state index in [0.29, 0.717) is 6.42 Å². The van der Waals surface area contributed by atoms with Gasteiger partial charge in [0, 0.05) is 19.2 Å². The van der Waals surface area contributed by atoms with E-state index in [1.54, 1.807) is 7.11 Å². The van der Waals surface area contributed by atoms with Crippen molar-refractivity contribution in [3.63, 3.8) is 0 Å². The molecule has 1 fully saturated rings. The van der Waals surface area contributed by atoms with Crippen molar-refractivity contribution >= 4 is 5.91 Å². The van der Waals surface area contributed by atoms with Gasteiger partial charge in [-0.1, -0.05) is 0 Å². The van der Waals surface area contributed by atoms with Crippen LogP contribution in [0, 0.1) is 0 Å². The van der Waals surface area contributed by atoms with Gasteiger partial charge in [-0.25, -0.2) is 0 Å². The monoisotopic (exact) mass is 214 g/mol. The van der Waals surface area contributed by atoms with E-state index in [9.17, 15) is 4.79 Å². The van der Waals surface area contributed by atoms with Crippen molar-refractivity contribution in [1.29, 1.82) is 0 Å².